The summed E-state index contributed by atoms with van der Waals surface area (Å²) in [6.45, 7) is 3.37. The lowest BCUT2D eigenvalue weighted by molar-refractivity contribution is -0.384. The van der Waals surface area contributed by atoms with Gasteiger partial charge in [0.15, 0.2) is 0 Å². The molecule has 1 aromatic rings. The van der Waals surface area contributed by atoms with Gasteiger partial charge in [-0.05, 0) is 6.07 Å². The van der Waals surface area contributed by atoms with E-state index in [0.29, 0.717) is 0 Å². The number of aromatic carboxylic acids is 1. The first-order valence-corrected chi connectivity index (χ1v) is 4.88. The van der Waals surface area contributed by atoms with Crippen LogP contribution < -0.4 is 5.32 Å². The quantitative estimate of drug-likeness (QED) is 0.470. The number of nitro benzene ring substituents is 1. The van der Waals surface area contributed by atoms with Crippen LogP contribution in [0.2, 0.25) is 0 Å². The molecule has 7 nitrogen and oxygen atoms in total. The predicted molar refractivity (Wildman–Crippen MR) is 63.5 cm³/mol. The molecule has 0 spiro atoms. The monoisotopic (exact) mass is 250 g/mol. The van der Waals surface area contributed by atoms with Gasteiger partial charge in [0.1, 0.15) is 0 Å². The van der Waals surface area contributed by atoms with E-state index >= 15 is 0 Å². The van der Waals surface area contributed by atoms with Gasteiger partial charge in [-0.2, -0.15) is 0 Å². The van der Waals surface area contributed by atoms with Gasteiger partial charge in [-0.1, -0.05) is 6.08 Å². The topological polar surface area (TPSA) is 110 Å². The molecule has 0 aliphatic rings. The number of non-ortho nitro benzene ring substituents is 1. The highest BCUT2D eigenvalue weighted by Gasteiger charge is 2.17. The molecule has 0 saturated heterocycles. The number of hydrogen-bond acceptors (Lipinski definition) is 4. The maximum absolute atomic E-state index is 11.3. The summed E-state index contributed by atoms with van der Waals surface area (Å²) in [7, 11) is 0. The zero-order chi connectivity index (χ0) is 13.7. The number of amides is 1. The van der Waals surface area contributed by atoms with Crippen molar-refractivity contribution in [2.45, 2.75) is 6.42 Å². The Labute approximate surface area is 102 Å². The molecule has 94 valence electrons. The Morgan fingerprint density at radius 3 is 2.67 bits per heavy atom. The molecule has 0 radical (unpaired) electrons. The van der Waals surface area contributed by atoms with Gasteiger partial charge < -0.3 is 10.4 Å². The van der Waals surface area contributed by atoms with E-state index < -0.39 is 16.8 Å². The molecule has 2 N–H and O–H groups in total. The van der Waals surface area contributed by atoms with Gasteiger partial charge in [-0.25, -0.2) is 4.79 Å². The molecule has 1 amide bonds. The third-order valence-corrected chi connectivity index (χ3v) is 2.05. The third-order valence-electron chi connectivity index (χ3n) is 2.05. The number of anilines is 1. The Bertz CT molecular complexity index is 524. The molecule has 1 rings (SSSR count). The molecule has 0 bridgehead atoms. The molecular weight excluding hydrogens is 240 g/mol. The predicted octanol–water partition coefficient (Wildman–Crippen LogP) is 1.81. The van der Waals surface area contributed by atoms with Gasteiger partial charge in [-0.15, -0.1) is 6.58 Å². The van der Waals surface area contributed by atoms with Crippen LogP contribution in [0.15, 0.2) is 30.9 Å². The molecule has 0 aromatic heterocycles. The van der Waals surface area contributed by atoms with Crippen LogP contribution in [0.4, 0.5) is 11.4 Å². The summed E-state index contributed by atoms with van der Waals surface area (Å²) in [5, 5.41) is 21.8. The Balaban J connectivity index is 3.11. The number of carboxylic acids is 1. The first-order chi connectivity index (χ1) is 8.45. The Morgan fingerprint density at radius 1 is 1.50 bits per heavy atom. The summed E-state index contributed by atoms with van der Waals surface area (Å²) in [6, 6.07) is 3.20. The molecule has 0 fully saturated rings. The van der Waals surface area contributed by atoms with Crippen molar-refractivity contribution in [3.05, 3.63) is 46.5 Å². The highest BCUT2D eigenvalue weighted by Crippen LogP contribution is 2.22. The minimum atomic E-state index is -1.35. The van der Waals surface area contributed by atoms with Crippen LogP contribution in [0.25, 0.3) is 0 Å². The summed E-state index contributed by atoms with van der Waals surface area (Å²) in [6.07, 6.45) is 1.39. The normalized spacial score (nSPS) is 9.56. The molecule has 0 atom stereocenters. The van der Waals surface area contributed by atoms with E-state index in [0.717, 1.165) is 12.1 Å². The number of rotatable bonds is 5. The van der Waals surface area contributed by atoms with E-state index in [1.54, 1.807) is 0 Å². The van der Waals surface area contributed by atoms with Crippen molar-refractivity contribution in [1.29, 1.82) is 0 Å². The number of carbonyl (C=O) groups is 2. The molecule has 18 heavy (non-hydrogen) atoms. The smallest absolute Gasteiger partial charge is 0.338 e. The average Bonchev–Trinajstić information content (AvgIpc) is 2.29. The Kier molecular flexibility index (Phi) is 4.14. The van der Waals surface area contributed by atoms with Crippen molar-refractivity contribution in [1.82, 2.24) is 0 Å². The number of carbonyl (C=O) groups excluding carboxylic acids is 1. The third kappa shape index (κ3) is 3.14. The van der Waals surface area contributed by atoms with E-state index in [1.807, 2.05) is 0 Å². The maximum Gasteiger partial charge on any atom is 0.338 e. The van der Waals surface area contributed by atoms with E-state index in [1.165, 1.54) is 12.1 Å². The van der Waals surface area contributed by atoms with Crippen molar-refractivity contribution in [2.24, 2.45) is 0 Å². The summed E-state index contributed by atoms with van der Waals surface area (Å²) >= 11 is 0. The molecule has 0 saturated carbocycles. The molecule has 7 heteroatoms. The van der Waals surface area contributed by atoms with Gasteiger partial charge in [0.25, 0.3) is 5.69 Å². The zero-order valence-corrected chi connectivity index (χ0v) is 9.25. The van der Waals surface area contributed by atoms with Gasteiger partial charge in [-0.3, -0.25) is 14.9 Å². The molecule has 0 heterocycles. The van der Waals surface area contributed by atoms with Gasteiger partial charge in [0.05, 0.1) is 16.2 Å². The summed E-state index contributed by atoms with van der Waals surface area (Å²) in [5.74, 6) is -1.80. The second kappa shape index (κ2) is 5.58. The van der Waals surface area contributed by atoms with Crippen molar-refractivity contribution < 1.29 is 19.6 Å². The van der Waals surface area contributed by atoms with Crippen LogP contribution >= 0.6 is 0 Å². The number of nitro groups is 1. The van der Waals surface area contributed by atoms with Crippen LogP contribution in [0, 0.1) is 10.1 Å². The van der Waals surface area contributed by atoms with Crippen LogP contribution in [-0.2, 0) is 4.79 Å². The van der Waals surface area contributed by atoms with Crippen molar-refractivity contribution in [2.75, 3.05) is 5.32 Å². The van der Waals surface area contributed by atoms with E-state index in [9.17, 15) is 19.7 Å². The van der Waals surface area contributed by atoms with Crippen molar-refractivity contribution >= 4 is 23.3 Å². The fourth-order valence-corrected chi connectivity index (χ4v) is 1.26. The minimum absolute atomic E-state index is 0.0138. The molecule has 1 aromatic carbocycles. The minimum Gasteiger partial charge on any atom is -0.478 e. The number of nitrogens with zero attached hydrogens (tertiary/aromatic N) is 1. The largest absolute Gasteiger partial charge is 0.478 e. The lowest BCUT2D eigenvalue weighted by atomic mass is 10.1. The van der Waals surface area contributed by atoms with Gasteiger partial charge >= 0.3 is 5.97 Å². The van der Waals surface area contributed by atoms with E-state index in [-0.39, 0.29) is 23.4 Å². The van der Waals surface area contributed by atoms with Crippen LogP contribution in [0.1, 0.15) is 16.8 Å². The standard InChI is InChI=1S/C11H10N2O5/c1-2-3-10(14)12-9-5-4-7(13(17)18)6-8(9)11(15)16/h2,4-6H,1,3H2,(H,12,14)(H,15,16). The van der Waals surface area contributed by atoms with Crippen LogP contribution in [-0.4, -0.2) is 21.9 Å². The first kappa shape index (κ1) is 13.4. The Morgan fingerprint density at radius 2 is 2.17 bits per heavy atom. The summed E-state index contributed by atoms with van der Waals surface area (Å²) in [4.78, 5) is 32.1. The lowest BCUT2D eigenvalue weighted by Crippen LogP contribution is -2.13. The highest BCUT2D eigenvalue weighted by atomic mass is 16.6. The van der Waals surface area contributed by atoms with Gasteiger partial charge in [0.2, 0.25) is 5.91 Å². The summed E-state index contributed by atoms with van der Waals surface area (Å²) in [5.41, 5.74) is -0.671. The van der Waals surface area contributed by atoms with Crippen molar-refractivity contribution in [3.8, 4) is 0 Å². The number of carboxylic acid groups (broad SMARTS) is 1. The first-order valence-electron chi connectivity index (χ1n) is 4.88. The SMILES string of the molecule is C=CCC(=O)Nc1ccc([N+](=O)[O-])cc1C(=O)O. The number of benzene rings is 1. The Hall–Kier alpha value is -2.70. The fourth-order valence-electron chi connectivity index (χ4n) is 1.26. The molecule has 0 unspecified atom stereocenters. The second-order valence-corrected chi connectivity index (χ2v) is 3.33. The average molecular weight is 250 g/mol. The molecular formula is C11H10N2O5. The van der Waals surface area contributed by atoms with Crippen molar-refractivity contribution in [3.63, 3.8) is 0 Å². The maximum atomic E-state index is 11.3. The second-order valence-electron chi connectivity index (χ2n) is 3.33. The van der Waals surface area contributed by atoms with Gasteiger partial charge in [0, 0.05) is 18.6 Å². The zero-order valence-electron chi connectivity index (χ0n) is 9.25. The fraction of sp³-hybridized carbons (Fsp3) is 0.0909. The van der Waals surface area contributed by atoms with E-state index in [2.05, 4.69) is 11.9 Å². The lowest BCUT2D eigenvalue weighted by Gasteiger charge is -2.07. The van der Waals surface area contributed by atoms with E-state index in [4.69, 9.17) is 5.11 Å². The highest BCUT2D eigenvalue weighted by molar-refractivity contribution is 6.01. The molecule has 0 aliphatic heterocycles. The van der Waals surface area contributed by atoms with Crippen LogP contribution in [0.3, 0.4) is 0 Å². The number of nitrogens with one attached hydrogen (secondary N) is 1. The number of hydrogen-bond donors (Lipinski definition) is 2. The van der Waals surface area contributed by atoms with Crippen LogP contribution in [0.5, 0.6) is 0 Å². The molecule has 0 aliphatic carbocycles. The summed E-state index contributed by atoms with van der Waals surface area (Å²) < 4.78 is 0.